The average molecular weight is 365 g/mol. The quantitative estimate of drug-likeness (QED) is 0.702. The SMILES string of the molecule is CC(C)C[C@@H](N)C(=O)CN(CC(=O)O)Cc1ccccc1.Cl.Cl. The first kappa shape index (κ1) is 24.1. The molecule has 1 atom stereocenters. The highest BCUT2D eigenvalue weighted by Crippen LogP contribution is 2.07. The van der Waals surface area contributed by atoms with Crippen molar-refractivity contribution in [2.24, 2.45) is 11.7 Å². The number of rotatable bonds is 9. The minimum absolute atomic E-state index is 0. The molecule has 1 aromatic carbocycles. The first-order valence-electron chi connectivity index (χ1n) is 7.15. The highest BCUT2D eigenvalue weighted by Gasteiger charge is 2.20. The number of carbonyl (C=O) groups is 2. The lowest BCUT2D eigenvalue weighted by Crippen LogP contribution is -2.42. The molecule has 0 bridgehead atoms. The first-order chi connectivity index (χ1) is 9.88. The molecule has 3 N–H and O–H groups in total. The summed E-state index contributed by atoms with van der Waals surface area (Å²) >= 11 is 0. The second-order valence-electron chi connectivity index (χ2n) is 5.73. The van der Waals surface area contributed by atoms with Gasteiger partial charge in [-0.2, -0.15) is 0 Å². The van der Waals surface area contributed by atoms with Crippen LogP contribution in [0.3, 0.4) is 0 Å². The van der Waals surface area contributed by atoms with E-state index in [0.29, 0.717) is 18.9 Å². The fraction of sp³-hybridized carbons (Fsp3) is 0.500. The molecule has 0 aliphatic heterocycles. The van der Waals surface area contributed by atoms with Crippen LogP contribution in [0.4, 0.5) is 0 Å². The normalized spacial score (nSPS) is 11.5. The van der Waals surface area contributed by atoms with E-state index < -0.39 is 12.0 Å². The molecule has 5 nitrogen and oxygen atoms in total. The predicted molar refractivity (Wildman–Crippen MR) is 96.3 cm³/mol. The number of benzene rings is 1. The zero-order chi connectivity index (χ0) is 15.8. The van der Waals surface area contributed by atoms with Gasteiger partial charge in [0.15, 0.2) is 5.78 Å². The summed E-state index contributed by atoms with van der Waals surface area (Å²) in [7, 11) is 0. The van der Waals surface area contributed by atoms with Crippen molar-refractivity contribution >= 4 is 36.6 Å². The zero-order valence-electron chi connectivity index (χ0n) is 13.5. The van der Waals surface area contributed by atoms with Gasteiger partial charge < -0.3 is 10.8 Å². The highest BCUT2D eigenvalue weighted by molar-refractivity contribution is 5.86. The van der Waals surface area contributed by atoms with Gasteiger partial charge in [0, 0.05) is 6.54 Å². The van der Waals surface area contributed by atoms with Crippen LogP contribution in [0.2, 0.25) is 0 Å². The van der Waals surface area contributed by atoms with Crippen LogP contribution in [0.15, 0.2) is 30.3 Å². The zero-order valence-corrected chi connectivity index (χ0v) is 15.1. The summed E-state index contributed by atoms with van der Waals surface area (Å²) in [6, 6.07) is 8.97. The molecule has 0 heterocycles. The number of aliphatic carboxylic acids is 1. The molecular formula is C16H26Cl2N2O3. The third-order valence-electron chi connectivity index (χ3n) is 3.13. The monoisotopic (exact) mass is 364 g/mol. The van der Waals surface area contributed by atoms with Crippen molar-refractivity contribution in [2.75, 3.05) is 13.1 Å². The smallest absolute Gasteiger partial charge is 0.317 e. The Morgan fingerprint density at radius 3 is 2.17 bits per heavy atom. The number of nitrogens with zero attached hydrogens (tertiary/aromatic N) is 1. The summed E-state index contributed by atoms with van der Waals surface area (Å²) in [5.74, 6) is -0.719. The summed E-state index contributed by atoms with van der Waals surface area (Å²) in [6.45, 7) is 4.33. The van der Waals surface area contributed by atoms with Crippen LogP contribution in [0.1, 0.15) is 25.8 Å². The maximum atomic E-state index is 12.1. The third-order valence-corrected chi connectivity index (χ3v) is 3.13. The third kappa shape index (κ3) is 10.3. The molecular weight excluding hydrogens is 339 g/mol. The topological polar surface area (TPSA) is 83.6 Å². The number of nitrogens with two attached hydrogens (primary N) is 1. The summed E-state index contributed by atoms with van der Waals surface area (Å²) in [6.07, 6.45) is 0.616. The molecule has 0 fully saturated rings. The van der Waals surface area contributed by atoms with E-state index in [1.165, 1.54) is 0 Å². The highest BCUT2D eigenvalue weighted by atomic mass is 35.5. The Kier molecular flexibility index (Phi) is 12.9. The van der Waals surface area contributed by atoms with E-state index in [4.69, 9.17) is 10.8 Å². The standard InChI is InChI=1S/C16H24N2O3.2ClH/c1-12(2)8-14(17)15(19)10-18(11-16(20)21)9-13-6-4-3-5-7-13;;/h3-7,12,14H,8-11,17H2,1-2H3,(H,20,21);2*1H/t14-;;/m1../s1. The van der Waals surface area contributed by atoms with Crippen LogP contribution < -0.4 is 5.73 Å². The van der Waals surface area contributed by atoms with Crippen molar-refractivity contribution in [1.82, 2.24) is 4.90 Å². The average Bonchev–Trinajstić information content (AvgIpc) is 2.38. The van der Waals surface area contributed by atoms with Crippen molar-refractivity contribution in [3.63, 3.8) is 0 Å². The van der Waals surface area contributed by atoms with E-state index in [-0.39, 0.29) is 43.7 Å². The van der Waals surface area contributed by atoms with Gasteiger partial charge in [0.25, 0.3) is 0 Å². The molecule has 0 unspecified atom stereocenters. The van der Waals surface area contributed by atoms with E-state index in [9.17, 15) is 9.59 Å². The van der Waals surface area contributed by atoms with Crippen LogP contribution in [0.25, 0.3) is 0 Å². The molecule has 132 valence electrons. The number of carbonyl (C=O) groups excluding carboxylic acids is 1. The maximum absolute atomic E-state index is 12.1. The lowest BCUT2D eigenvalue weighted by molar-refractivity contribution is -0.138. The van der Waals surface area contributed by atoms with E-state index >= 15 is 0 Å². The van der Waals surface area contributed by atoms with Gasteiger partial charge >= 0.3 is 5.97 Å². The van der Waals surface area contributed by atoms with Crippen molar-refractivity contribution in [1.29, 1.82) is 0 Å². The van der Waals surface area contributed by atoms with Crippen LogP contribution >= 0.6 is 24.8 Å². The van der Waals surface area contributed by atoms with Gasteiger partial charge in [-0.05, 0) is 17.9 Å². The summed E-state index contributed by atoms with van der Waals surface area (Å²) in [5, 5.41) is 8.97. The second-order valence-corrected chi connectivity index (χ2v) is 5.73. The van der Waals surface area contributed by atoms with Gasteiger partial charge in [-0.25, -0.2) is 0 Å². The van der Waals surface area contributed by atoms with Crippen LogP contribution in [0.5, 0.6) is 0 Å². The second kappa shape index (κ2) is 12.3. The van der Waals surface area contributed by atoms with Crippen LogP contribution in [0, 0.1) is 5.92 Å². The number of ketones is 1. The summed E-state index contributed by atoms with van der Waals surface area (Å²) < 4.78 is 0. The van der Waals surface area contributed by atoms with E-state index in [1.807, 2.05) is 44.2 Å². The Bertz CT molecular complexity index is 470. The largest absolute Gasteiger partial charge is 0.480 e. The van der Waals surface area contributed by atoms with Gasteiger partial charge in [0.05, 0.1) is 19.1 Å². The molecule has 0 spiro atoms. The number of carboxylic acid groups (broad SMARTS) is 1. The van der Waals surface area contributed by atoms with E-state index in [2.05, 4.69) is 0 Å². The van der Waals surface area contributed by atoms with Crippen molar-refractivity contribution in [2.45, 2.75) is 32.9 Å². The fourth-order valence-corrected chi connectivity index (χ4v) is 2.18. The molecule has 0 saturated heterocycles. The minimum atomic E-state index is -0.948. The Morgan fingerprint density at radius 1 is 1.13 bits per heavy atom. The van der Waals surface area contributed by atoms with Gasteiger partial charge in [-0.1, -0.05) is 44.2 Å². The molecule has 23 heavy (non-hydrogen) atoms. The lowest BCUT2D eigenvalue weighted by atomic mass is 10.0. The van der Waals surface area contributed by atoms with Gasteiger partial charge in [-0.3, -0.25) is 14.5 Å². The fourth-order valence-electron chi connectivity index (χ4n) is 2.18. The van der Waals surface area contributed by atoms with Crippen molar-refractivity contribution < 1.29 is 14.7 Å². The molecule has 7 heteroatoms. The Hall–Kier alpha value is -1.14. The molecule has 0 saturated carbocycles. The van der Waals surface area contributed by atoms with E-state index in [1.54, 1.807) is 4.90 Å². The molecule has 1 rings (SSSR count). The Morgan fingerprint density at radius 2 is 1.70 bits per heavy atom. The Balaban J connectivity index is 0. The van der Waals surface area contributed by atoms with Gasteiger partial charge in [-0.15, -0.1) is 24.8 Å². The lowest BCUT2D eigenvalue weighted by Gasteiger charge is -2.22. The van der Waals surface area contributed by atoms with Crippen molar-refractivity contribution in [3.05, 3.63) is 35.9 Å². The van der Waals surface area contributed by atoms with Crippen LogP contribution in [-0.2, 0) is 16.1 Å². The minimum Gasteiger partial charge on any atom is -0.480 e. The number of carboxylic acids is 1. The van der Waals surface area contributed by atoms with Crippen LogP contribution in [-0.4, -0.2) is 40.9 Å². The van der Waals surface area contributed by atoms with E-state index in [0.717, 1.165) is 5.56 Å². The molecule has 0 amide bonds. The number of halogens is 2. The molecule has 0 aliphatic rings. The number of hydrogen-bond acceptors (Lipinski definition) is 4. The molecule has 1 aromatic rings. The van der Waals surface area contributed by atoms with Gasteiger partial charge in [0.2, 0.25) is 0 Å². The van der Waals surface area contributed by atoms with Gasteiger partial charge in [0.1, 0.15) is 0 Å². The molecule has 0 aliphatic carbocycles. The number of hydrogen-bond donors (Lipinski definition) is 2. The number of Topliss-reactive ketones (excluding diaryl/α,β-unsaturated/α-hetero) is 1. The summed E-state index contributed by atoms with van der Waals surface area (Å²) in [4.78, 5) is 24.7. The van der Waals surface area contributed by atoms with Crippen molar-refractivity contribution in [3.8, 4) is 0 Å². The Labute approximate surface area is 150 Å². The summed E-state index contributed by atoms with van der Waals surface area (Å²) in [5.41, 5.74) is 6.84. The molecule has 0 radical (unpaired) electrons. The maximum Gasteiger partial charge on any atom is 0.317 e. The molecule has 0 aromatic heterocycles. The predicted octanol–water partition coefficient (Wildman–Crippen LogP) is 2.36. The first-order valence-corrected chi connectivity index (χ1v) is 7.15.